The summed E-state index contributed by atoms with van der Waals surface area (Å²) in [6.45, 7) is 6.36. The van der Waals surface area contributed by atoms with E-state index in [1.165, 1.54) is 16.3 Å². The largest absolute Gasteiger partial charge is 0.493 e. The highest BCUT2D eigenvalue weighted by Crippen LogP contribution is 2.33. The number of hydrogen-bond donors (Lipinski definition) is 3. The molecule has 3 amide bonds. The first-order valence-corrected chi connectivity index (χ1v) is 27.4. The Labute approximate surface area is 450 Å². The van der Waals surface area contributed by atoms with E-state index >= 15 is 0 Å². The second kappa shape index (κ2) is 29.4. The van der Waals surface area contributed by atoms with Crippen LogP contribution in [0.4, 0.5) is 10.5 Å². The van der Waals surface area contributed by atoms with E-state index in [1.807, 2.05) is 49.4 Å². The summed E-state index contributed by atoms with van der Waals surface area (Å²) in [4.78, 5) is 79.0. The third kappa shape index (κ3) is 17.5. The van der Waals surface area contributed by atoms with Crippen molar-refractivity contribution < 1.29 is 66.1 Å². The molecule has 0 aliphatic carbocycles. The van der Waals surface area contributed by atoms with Gasteiger partial charge in [0.2, 0.25) is 15.8 Å². The topological polar surface area (TPSA) is 260 Å². The monoisotopic (exact) mass is 1090 g/mol. The molecule has 0 radical (unpaired) electrons. The zero-order valence-electron chi connectivity index (χ0n) is 44.8. The molecule has 0 bridgehead atoms. The van der Waals surface area contributed by atoms with Crippen molar-refractivity contribution >= 4 is 45.4 Å². The van der Waals surface area contributed by atoms with Gasteiger partial charge in [0, 0.05) is 62.3 Å². The van der Waals surface area contributed by atoms with E-state index in [2.05, 4.69) is 10.6 Å². The lowest BCUT2D eigenvalue weighted by Gasteiger charge is -2.36. The number of non-ortho nitro benzene ring substituents is 1. The number of nitro benzene ring substituents is 1. The van der Waals surface area contributed by atoms with Crippen molar-refractivity contribution in [1.29, 1.82) is 0 Å². The molecule has 1 aliphatic rings. The fraction of sp³-hybridized carbons (Fsp3) is 0.482. The first-order chi connectivity index (χ1) is 36.8. The number of methoxy groups -OCH3 is 2. The molecule has 1 saturated heterocycles. The molecule has 5 rings (SSSR count). The average molecular weight is 1090 g/mol. The van der Waals surface area contributed by atoms with E-state index in [0.717, 1.165) is 35.4 Å². The Morgan fingerprint density at radius 3 is 2.30 bits per heavy atom. The van der Waals surface area contributed by atoms with Crippen LogP contribution in [-0.4, -0.2) is 130 Å². The molecule has 77 heavy (non-hydrogen) atoms. The van der Waals surface area contributed by atoms with Crippen LogP contribution in [0.25, 0.3) is 0 Å². The molecule has 0 spiro atoms. The average Bonchev–Trinajstić information content (AvgIpc) is 3.44. The number of amides is 3. The number of likely N-dealkylation sites (tertiary alicyclic amines) is 1. The number of aryl methyl sites for hydroxylation is 1. The predicted octanol–water partition coefficient (Wildman–Crippen LogP) is 7.15. The van der Waals surface area contributed by atoms with Crippen LogP contribution in [0.5, 0.6) is 17.2 Å². The first-order valence-electron chi connectivity index (χ1n) is 25.9. The van der Waals surface area contributed by atoms with Crippen LogP contribution in [-0.2, 0) is 51.5 Å². The molecule has 4 aromatic carbocycles. The number of hydrogen-bond acceptors (Lipinski definition) is 15. The van der Waals surface area contributed by atoms with Crippen molar-refractivity contribution in [3.8, 4) is 17.2 Å². The van der Waals surface area contributed by atoms with Crippen molar-refractivity contribution in [3.05, 3.63) is 124 Å². The van der Waals surface area contributed by atoms with Gasteiger partial charge in [0.15, 0.2) is 18.1 Å². The number of benzene rings is 4. The predicted molar refractivity (Wildman–Crippen MR) is 286 cm³/mol. The van der Waals surface area contributed by atoms with Crippen molar-refractivity contribution in [2.24, 2.45) is 11.3 Å². The van der Waals surface area contributed by atoms with Crippen molar-refractivity contribution in [2.75, 3.05) is 60.2 Å². The van der Waals surface area contributed by atoms with Gasteiger partial charge in [-0.3, -0.25) is 24.5 Å². The number of sulfonamides is 1. The van der Waals surface area contributed by atoms with Crippen LogP contribution in [0.15, 0.2) is 102 Å². The SMILES string of the molecule is CCCN(C[C@@H](CO)[C@H](Cc1ccccc1)NC(=O)OCCCNC(=O)COc1cccc([C@@H](CCc2ccc(OC)c(OC)c2)OC(=O)[C@@H]2CCCCN2C(=O)C(=O)C(C)(C)CC)c1)S(=O)(=O)c1ccc([N+](=O)[O-])cc1. The summed E-state index contributed by atoms with van der Waals surface area (Å²) in [5.74, 6) is -1.73. The lowest BCUT2D eigenvalue weighted by molar-refractivity contribution is -0.384. The van der Waals surface area contributed by atoms with E-state index < -0.39 is 80.7 Å². The number of ether oxygens (including phenoxy) is 5. The Morgan fingerprint density at radius 1 is 0.909 bits per heavy atom. The van der Waals surface area contributed by atoms with Gasteiger partial charge in [-0.1, -0.05) is 76.2 Å². The normalized spacial score (nSPS) is 14.9. The van der Waals surface area contributed by atoms with Crippen molar-refractivity contribution in [2.45, 2.75) is 109 Å². The summed E-state index contributed by atoms with van der Waals surface area (Å²) in [6.07, 6.45) is 2.12. The Balaban J connectivity index is 1.19. The van der Waals surface area contributed by atoms with Gasteiger partial charge in [0.1, 0.15) is 17.9 Å². The summed E-state index contributed by atoms with van der Waals surface area (Å²) < 4.78 is 57.3. The number of aliphatic hydroxyl groups excluding tert-OH is 1. The minimum Gasteiger partial charge on any atom is -0.493 e. The molecule has 1 fully saturated rings. The second-order valence-corrected chi connectivity index (χ2v) is 21.4. The number of nitrogens with one attached hydrogen (secondary N) is 2. The summed E-state index contributed by atoms with van der Waals surface area (Å²) in [5.41, 5.74) is 1.11. The van der Waals surface area contributed by atoms with Gasteiger partial charge < -0.3 is 44.3 Å². The lowest BCUT2D eigenvalue weighted by Crippen LogP contribution is -2.53. The molecule has 0 saturated carbocycles. The number of carbonyl (C=O) groups excluding carboxylic acids is 5. The zero-order valence-corrected chi connectivity index (χ0v) is 45.6. The molecule has 21 heteroatoms. The second-order valence-electron chi connectivity index (χ2n) is 19.4. The highest BCUT2D eigenvalue weighted by molar-refractivity contribution is 7.89. The molecule has 4 aromatic rings. The van der Waals surface area contributed by atoms with Crippen LogP contribution in [0, 0.1) is 21.4 Å². The van der Waals surface area contributed by atoms with Crippen LogP contribution in [0.1, 0.15) is 95.4 Å². The Hall–Kier alpha value is -7.10. The molecule has 4 atom stereocenters. The number of nitrogens with zero attached hydrogens (tertiary/aromatic N) is 3. The van der Waals surface area contributed by atoms with E-state index in [4.69, 9.17) is 23.7 Å². The van der Waals surface area contributed by atoms with Crippen molar-refractivity contribution in [1.82, 2.24) is 19.8 Å². The molecular weight excluding hydrogens is 1010 g/mol. The number of rotatable bonds is 30. The number of piperidine rings is 1. The van der Waals surface area contributed by atoms with Crippen LogP contribution < -0.4 is 24.8 Å². The van der Waals surface area contributed by atoms with Gasteiger partial charge in [-0.15, -0.1) is 0 Å². The van der Waals surface area contributed by atoms with Gasteiger partial charge in [-0.25, -0.2) is 18.0 Å². The molecule has 3 N–H and O–H groups in total. The first kappa shape index (κ1) is 60.8. The van der Waals surface area contributed by atoms with Gasteiger partial charge in [0.25, 0.3) is 17.5 Å². The van der Waals surface area contributed by atoms with Crippen LogP contribution >= 0.6 is 0 Å². The lowest BCUT2D eigenvalue weighted by atomic mass is 9.84. The Morgan fingerprint density at radius 2 is 1.64 bits per heavy atom. The van der Waals surface area contributed by atoms with Gasteiger partial charge in [-0.2, -0.15) is 4.31 Å². The molecule has 418 valence electrons. The number of esters is 1. The molecule has 1 heterocycles. The van der Waals surface area contributed by atoms with Gasteiger partial charge in [-0.05, 0) is 111 Å². The highest BCUT2D eigenvalue weighted by Gasteiger charge is 2.41. The van der Waals surface area contributed by atoms with E-state index in [9.17, 15) is 47.6 Å². The van der Waals surface area contributed by atoms with E-state index in [0.29, 0.717) is 67.8 Å². The summed E-state index contributed by atoms with van der Waals surface area (Å²) in [7, 11) is -1.08. The van der Waals surface area contributed by atoms with Gasteiger partial charge >= 0.3 is 12.1 Å². The number of nitro groups is 1. The molecule has 20 nitrogen and oxygen atoms in total. The summed E-state index contributed by atoms with van der Waals surface area (Å²) >= 11 is 0. The molecule has 0 aromatic heterocycles. The maximum absolute atomic E-state index is 14.1. The minimum absolute atomic E-state index is 0.0792. The minimum atomic E-state index is -4.16. The summed E-state index contributed by atoms with van der Waals surface area (Å²) in [5, 5.41) is 27.4. The number of ketones is 1. The molecule has 0 unspecified atom stereocenters. The highest BCUT2D eigenvalue weighted by atomic mass is 32.2. The number of aliphatic hydroxyl groups is 1. The van der Waals surface area contributed by atoms with Crippen molar-refractivity contribution in [3.63, 3.8) is 0 Å². The fourth-order valence-electron chi connectivity index (χ4n) is 8.73. The molecular formula is C56H73N5O15S. The maximum Gasteiger partial charge on any atom is 0.407 e. The Bertz CT molecular complexity index is 2720. The smallest absolute Gasteiger partial charge is 0.407 e. The van der Waals surface area contributed by atoms with Crippen LogP contribution in [0.2, 0.25) is 0 Å². The zero-order chi connectivity index (χ0) is 56.1. The van der Waals surface area contributed by atoms with Gasteiger partial charge in [0.05, 0.1) is 30.6 Å². The third-order valence-electron chi connectivity index (χ3n) is 13.6. The molecule has 1 aliphatic heterocycles. The van der Waals surface area contributed by atoms with E-state index in [-0.39, 0.29) is 62.8 Å². The van der Waals surface area contributed by atoms with Crippen LogP contribution in [0.3, 0.4) is 0 Å². The summed E-state index contributed by atoms with van der Waals surface area (Å²) in [6, 6.07) is 24.3. The third-order valence-corrected chi connectivity index (χ3v) is 15.5. The quantitative estimate of drug-likeness (QED) is 0.0154. The Kier molecular flexibility index (Phi) is 23.2. The number of alkyl carbamates (subject to hydrolysis) is 1. The maximum atomic E-state index is 14.1. The number of Topliss-reactive ketones (excluding diaryl/α,β-unsaturated/α-hetero) is 1. The van der Waals surface area contributed by atoms with E-state index in [1.54, 1.807) is 58.2 Å². The number of carbonyl (C=O) groups is 5. The fourth-order valence-corrected chi connectivity index (χ4v) is 10.3. The standard InChI is InChI=1S/C56H73N5O15S/c1-7-30-59(77(70,71)45-25-23-43(24-26-45)61(68)69)36-42(37-62)46(33-39-16-10-9-11-17-39)58-55(67)74-32-15-29-57-51(63)38-75-44-19-14-18-41(35-44)48(27-21-40-22-28-49(72-5)50(34-40)73-6)76-54(66)47-20-12-13-31-60(47)53(65)52(64)56(3,4)8-2/h9-11,14,16-19,22-26,28,34-35,42,46-48,62H,7-8,12-13,15,20-21,27,29-33,36-38H2,1-6H3,(H,57,63)(H,58,67)/t42-,46-,47-,48+/m0/s1.